The fourth-order valence-electron chi connectivity index (χ4n) is 2.37. The monoisotopic (exact) mass is 435 g/mol. The first-order chi connectivity index (χ1) is 12.9. The van der Waals surface area contributed by atoms with E-state index in [1.54, 1.807) is 24.3 Å². The number of rotatable bonds is 6. The Bertz CT molecular complexity index is 967. The second kappa shape index (κ2) is 8.93. The van der Waals surface area contributed by atoms with Gasteiger partial charge in [0.15, 0.2) is 5.78 Å². The van der Waals surface area contributed by atoms with Gasteiger partial charge in [-0.25, -0.2) is 0 Å². The van der Waals surface area contributed by atoms with E-state index in [1.165, 1.54) is 30.0 Å². The molecule has 0 radical (unpaired) electrons. The molecule has 0 saturated heterocycles. The highest BCUT2D eigenvalue weighted by molar-refractivity contribution is 8.00. The minimum atomic E-state index is -0.169. The molecular weight excluding hydrogens is 421 g/mol. The maximum absolute atomic E-state index is 12.3. The van der Waals surface area contributed by atoms with Crippen molar-refractivity contribution in [3.63, 3.8) is 0 Å². The van der Waals surface area contributed by atoms with Crippen molar-refractivity contribution in [2.45, 2.75) is 11.8 Å². The molecule has 3 aromatic rings. The predicted octanol–water partition coefficient (Wildman–Crippen LogP) is 6.66. The van der Waals surface area contributed by atoms with Crippen LogP contribution >= 0.6 is 46.3 Å². The van der Waals surface area contributed by atoms with Crippen molar-refractivity contribution >= 4 is 63.7 Å². The van der Waals surface area contributed by atoms with Crippen LogP contribution in [-0.4, -0.2) is 17.4 Å². The van der Waals surface area contributed by atoms with Crippen molar-refractivity contribution in [3.8, 4) is 10.4 Å². The van der Waals surface area contributed by atoms with Crippen LogP contribution in [0.4, 0.5) is 5.69 Å². The van der Waals surface area contributed by atoms with Crippen LogP contribution in [0.1, 0.15) is 16.6 Å². The molecule has 2 aromatic carbocycles. The average molecular weight is 436 g/mol. The minimum Gasteiger partial charge on any atom is -0.324 e. The molecule has 3 nitrogen and oxygen atoms in total. The number of carbonyl (C=O) groups is 2. The Morgan fingerprint density at radius 1 is 1.00 bits per heavy atom. The molecule has 0 aliphatic heterocycles. The molecule has 0 fully saturated rings. The van der Waals surface area contributed by atoms with E-state index in [-0.39, 0.29) is 17.4 Å². The molecule has 138 valence electrons. The Labute approximate surface area is 175 Å². The summed E-state index contributed by atoms with van der Waals surface area (Å²) in [6.07, 6.45) is 0. The van der Waals surface area contributed by atoms with Crippen molar-refractivity contribution in [1.29, 1.82) is 0 Å². The normalized spacial score (nSPS) is 10.6. The number of carbonyl (C=O) groups excluding carboxylic acids is 2. The summed E-state index contributed by atoms with van der Waals surface area (Å²) in [5.74, 6) is -0.00996. The fourth-order valence-corrected chi connectivity index (χ4v) is 4.33. The molecule has 1 aromatic heterocycles. The van der Waals surface area contributed by atoms with Gasteiger partial charge in [-0.2, -0.15) is 0 Å². The van der Waals surface area contributed by atoms with E-state index in [0.717, 1.165) is 15.3 Å². The first-order valence-corrected chi connectivity index (χ1v) is 10.6. The number of Topliss-reactive ketones (excluding diaryl/α,β-unsaturated/α-hetero) is 1. The number of amides is 1. The molecule has 1 amide bonds. The lowest BCUT2D eigenvalue weighted by Gasteiger charge is -2.05. The summed E-state index contributed by atoms with van der Waals surface area (Å²) in [4.78, 5) is 26.7. The number of hydrogen-bond donors (Lipinski definition) is 1. The second-order valence-electron chi connectivity index (χ2n) is 5.71. The van der Waals surface area contributed by atoms with Crippen molar-refractivity contribution in [1.82, 2.24) is 0 Å². The summed E-state index contributed by atoms with van der Waals surface area (Å²) in [6.45, 7) is 1.50. The Balaban J connectivity index is 1.73. The van der Waals surface area contributed by atoms with E-state index in [0.29, 0.717) is 20.6 Å². The van der Waals surface area contributed by atoms with Crippen molar-refractivity contribution in [2.75, 3.05) is 11.1 Å². The molecule has 7 heteroatoms. The first kappa shape index (κ1) is 20.0. The van der Waals surface area contributed by atoms with Gasteiger partial charge >= 0.3 is 0 Å². The maximum atomic E-state index is 12.3. The van der Waals surface area contributed by atoms with Crippen LogP contribution in [0.5, 0.6) is 0 Å². The summed E-state index contributed by atoms with van der Waals surface area (Å²) < 4.78 is 0. The third-order valence-electron chi connectivity index (χ3n) is 3.64. The summed E-state index contributed by atoms with van der Waals surface area (Å²) in [6, 6.07) is 16.5. The van der Waals surface area contributed by atoms with Crippen LogP contribution in [0.25, 0.3) is 10.4 Å². The molecule has 3 rings (SSSR count). The highest BCUT2D eigenvalue weighted by atomic mass is 35.5. The summed E-state index contributed by atoms with van der Waals surface area (Å²) in [7, 11) is 0. The molecule has 27 heavy (non-hydrogen) atoms. The van der Waals surface area contributed by atoms with E-state index in [4.69, 9.17) is 23.2 Å². The van der Waals surface area contributed by atoms with Crippen LogP contribution in [-0.2, 0) is 4.79 Å². The quantitative estimate of drug-likeness (QED) is 0.347. The zero-order chi connectivity index (χ0) is 19.4. The molecule has 0 bridgehead atoms. The third-order valence-corrected chi connectivity index (χ3v) is 6.44. The number of hydrogen-bond acceptors (Lipinski definition) is 4. The van der Waals surface area contributed by atoms with Gasteiger partial charge in [-0.05, 0) is 48.0 Å². The Hall–Kier alpha value is -1.79. The first-order valence-electron chi connectivity index (χ1n) is 8.01. The van der Waals surface area contributed by atoms with Gasteiger partial charge in [0.1, 0.15) is 0 Å². The smallest absolute Gasteiger partial charge is 0.234 e. The Morgan fingerprint density at radius 2 is 1.59 bits per heavy atom. The molecule has 0 aliphatic rings. The van der Waals surface area contributed by atoms with Crippen molar-refractivity contribution in [2.24, 2.45) is 0 Å². The van der Waals surface area contributed by atoms with Gasteiger partial charge in [0.05, 0.1) is 16.3 Å². The molecule has 0 unspecified atom stereocenters. The van der Waals surface area contributed by atoms with E-state index < -0.39 is 0 Å². The lowest BCUT2D eigenvalue weighted by atomic mass is 10.2. The number of thioether (sulfide) groups is 1. The molecular formula is C20H15Cl2NO2S2. The SMILES string of the molecule is CC(=O)c1sc(-c2ccc(Cl)cc2)cc1NC(=O)CSc1ccc(Cl)cc1. The van der Waals surface area contributed by atoms with Gasteiger partial charge in [-0.3, -0.25) is 9.59 Å². The topological polar surface area (TPSA) is 46.2 Å². The van der Waals surface area contributed by atoms with E-state index in [1.807, 2.05) is 30.3 Å². The van der Waals surface area contributed by atoms with Crippen LogP contribution in [0, 0.1) is 0 Å². The second-order valence-corrected chi connectivity index (χ2v) is 8.68. The zero-order valence-electron chi connectivity index (χ0n) is 14.3. The largest absolute Gasteiger partial charge is 0.324 e. The highest BCUT2D eigenvalue weighted by Crippen LogP contribution is 2.35. The number of halogens is 2. The van der Waals surface area contributed by atoms with Gasteiger partial charge in [0, 0.05) is 26.7 Å². The Kier molecular flexibility index (Phi) is 6.60. The molecule has 1 N–H and O–H groups in total. The van der Waals surface area contributed by atoms with Crippen LogP contribution in [0.2, 0.25) is 10.0 Å². The van der Waals surface area contributed by atoms with Crippen molar-refractivity contribution in [3.05, 3.63) is 69.5 Å². The summed E-state index contributed by atoms with van der Waals surface area (Å²) >= 11 is 14.6. The zero-order valence-corrected chi connectivity index (χ0v) is 17.4. The third kappa shape index (κ3) is 5.36. The van der Waals surface area contributed by atoms with E-state index in [2.05, 4.69) is 5.32 Å². The lowest BCUT2D eigenvalue weighted by Crippen LogP contribution is -2.15. The van der Waals surface area contributed by atoms with Gasteiger partial charge < -0.3 is 5.32 Å². The molecule has 0 atom stereocenters. The number of anilines is 1. The molecule has 0 spiro atoms. The summed E-state index contributed by atoms with van der Waals surface area (Å²) in [5.41, 5.74) is 1.49. The van der Waals surface area contributed by atoms with Gasteiger partial charge in [-0.15, -0.1) is 23.1 Å². The summed E-state index contributed by atoms with van der Waals surface area (Å²) in [5, 5.41) is 4.16. The minimum absolute atomic E-state index is 0.0825. The van der Waals surface area contributed by atoms with E-state index >= 15 is 0 Å². The van der Waals surface area contributed by atoms with Gasteiger partial charge in [0.2, 0.25) is 5.91 Å². The van der Waals surface area contributed by atoms with Gasteiger partial charge in [0.25, 0.3) is 0 Å². The average Bonchev–Trinajstić information content (AvgIpc) is 3.06. The van der Waals surface area contributed by atoms with Crippen molar-refractivity contribution < 1.29 is 9.59 Å². The predicted molar refractivity (Wildman–Crippen MR) is 116 cm³/mol. The van der Waals surface area contributed by atoms with Gasteiger partial charge in [-0.1, -0.05) is 35.3 Å². The standard InChI is InChI=1S/C20H15Cl2NO2S2/c1-12(24)20-17(10-18(27-20)13-2-4-14(21)5-3-13)23-19(25)11-26-16-8-6-15(22)7-9-16/h2-10H,11H2,1H3,(H,23,25). The Morgan fingerprint density at radius 3 is 2.19 bits per heavy atom. The van der Waals surface area contributed by atoms with E-state index in [9.17, 15) is 9.59 Å². The maximum Gasteiger partial charge on any atom is 0.234 e. The number of benzene rings is 2. The fraction of sp³-hybridized carbons (Fsp3) is 0.100. The number of ketones is 1. The van der Waals surface area contributed by atoms with Crippen LogP contribution in [0.3, 0.4) is 0 Å². The van der Waals surface area contributed by atoms with Crippen LogP contribution in [0.15, 0.2) is 59.5 Å². The number of thiophene rings is 1. The highest BCUT2D eigenvalue weighted by Gasteiger charge is 2.16. The molecule has 1 heterocycles. The molecule has 0 saturated carbocycles. The molecule has 0 aliphatic carbocycles. The van der Waals surface area contributed by atoms with Crippen LogP contribution < -0.4 is 5.32 Å². The number of nitrogens with one attached hydrogen (secondary N) is 1. The lowest BCUT2D eigenvalue weighted by molar-refractivity contribution is -0.113.